The normalized spacial score (nSPS) is 34.4. The summed E-state index contributed by atoms with van der Waals surface area (Å²) in [5.41, 5.74) is -0.125. The van der Waals surface area contributed by atoms with Gasteiger partial charge in [-0.15, -0.1) is 0 Å². The summed E-state index contributed by atoms with van der Waals surface area (Å²) in [4.78, 5) is 4.46. The Hall–Kier alpha value is -0.810. The minimum atomic E-state index is -0.125. The van der Waals surface area contributed by atoms with Gasteiger partial charge in [-0.05, 0) is 40.0 Å². The zero-order valence-electron chi connectivity index (χ0n) is 12.4. The number of hydrogen-bond donors (Lipinski definition) is 2. The van der Waals surface area contributed by atoms with Gasteiger partial charge in [0.1, 0.15) is 5.60 Å². The fourth-order valence-corrected chi connectivity index (χ4v) is 3.12. The summed E-state index contributed by atoms with van der Waals surface area (Å²) >= 11 is 0. The average Bonchev–Trinajstić information content (AvgIpc) is 2.90. The molecule has 19 heavy (non-hydrogen) atoms. The molecule has 0 bridgehead atoms. The van der Waals surface area contributed by atoms with Crippen LogP contribution in [-0.4, -0.2) is 50.0 Å². The first-order chi connectivity index (χ1) is 9.26. The molecule has 0 radical (unpaired) electrons. The lowest BCUT2D eigenvalue weighted by Crippen LogP contribution is -2.70. The molecule has 1 aliphatic heterocycles. The Bertz CT molecular complexity index is 314. The van der Waals surface area contributed by atoms with Crippen LogP contribution in [0, 0.1) is 0 Å². The molecule has 5 heteroatoms. The van der Waals surface area contributed by atoms with E-state index in [2.05, 4.69) is 22.5 Å². The van der Waals surface area contributed by atoms with E-state index in [0.29, 0.717) is 6.04 Å². The molecule has 110 valence electrons. The van der Waals surface area contributed by atoms with Crippen molar-refractivity contribution in [3.63, 3.8) is 0 Å². The highest BCUT2D eigenvalue weighted by Gasteiger charge is 2.59. The van der Waals surface area contributed by atoms with Crippen LogP contribution in [0.5, 0.6) is 0 Å². The van der Waals surface area contributed by atoms with Crippen molar-refractivity contribution in [2.75, 3.05) is 26.3 Å². The van der Waals surface area contributed by atoms with Crippen LogP contribution in [0.1, 0.15) is 40.0 Å². The second-order valence-corrected chi connectivity index (χ2v) is 5.14. The van der Waals surface area contributed by atoms with E-state index in [1.165, 1.54) is 0 Å². The Labute approximate surface area is 116 Å². The highest BCUT2D eigenvalue weighted by Crippen LogP contribution is 2.45. The molecule has 1 saturated heterocycles. The molecule has 2 rings (SSSR count). The molecular formula is C14H27N3O2. The minimum absolute atomic E-state index is 0.125. The third-order valence-electron chi connectivity index (χ3n) is 4.01. The second kappa shape index (κ2) is 6.57. The predicted molar refractivity (Wildman–Crippen MR) is 76.5 cm³/mol. The Morgan fingerprint density at radius 3 is 2.84 bits per heavy atom. The lowest BCUT2D eigenvalue weighted by molar-refractivity contribution is -0.194. The topological polar surface area (TPSA) is 54.9 Å². The zero-order chi connectivity index (χ0) is 13.7. The minimum Gasteiger partial charge on any atom is -0.375 e. The van der Waals surface area contributed by atoms with Crippen molar-refractivity contribution in [3.05, 3.63) is 0 Å². The number of nitrogens with zero attached hydrogens (tertiary/aromatic N) is 1. The van der Waals surface area contributed by atoms with Gasteiger partial charge in [0.25, 0.3) is 0 Å². The monoisotopic (exact) mass is 269 g/mol. The number of aliphatic imine (C=N–C) groups is 1. The summed E-state index contributed by atoms with van der Waals surface area (Å²) in [6.07, 6.45) is 3.45. The SMILES string of the molecule is CCN=C(NCC)NC1CC(OCC)C12CCCO2. The molecule has 3 unspecified atom stereocenters. The number of ether oxygens (including phenoxy) is 2. The van der Waals surface area contributed by atoms with E-state index in [9.17, 15) is 0 Å². The van der Waals surface area contributed by atoms with Crippen LogP contribution in [0.15, 0.2) is 4.99 Å². The fourth-order valence-electron chi connectivity index (χ4n) is 3.12. The first kappa shape index (κ1) is 14.6. The van der Waals surface area contributed by atoms with E-state index in [4.69, 9.17) is 9.47 Å². The first-order valence-electron chi connectivity index (χ1n) is 7.57. The molecule has 0 amide bonds. The molecule has 1 aliphatic carbocycles. The van der Waals surface area contributed by atoms with Gasteiger partial charge in [-0.1, -0.05) is 0 Å². The molecule has 2 N–H and O–H groups in total. The van der Waals surface area contributed by atoms with Crippen LogP contribution in [0.3, 0.4) is 0 Å². The van der Waals surface area contributed by atoms with Crippen LogP contribution in [0.4, 0.5) is 0 Å². The van der Waals surface area contributed by atoms with E-state index in [-0.39, 0.29) is 11.7 Å². The van der Waals surface area contributed by atoms with Crippen LogP contribution in [-0.2, 0) is 9.47 Å². The Morgan fingerprint density at radius 2 is 2.26 bits per heavy atom. The lowest BCUT2D eigenvalue weighted by Gasteiger charge is -2.52. The van der Waals surface area contributed by atoms with Gasteiger partial charge >= 0.3 is 0 Å². The first-order valence-corrected chi connectivity index (χ1v) is 7.57. The third kappa shape index (κ3) is 2.87. The molecule has 2 fully saturated rings. The second-order valence-electron chi connectivity index (χ2n) is 5.14. The van der Waals surface area contributed by atoms with Crippen molar-refractivity contribution in [2.45, 2.75) is 57.8 Å². The van der Waals surface area contributed by atoms with E-state index >= 15 is 0 Å². The number of hydrogen-bond acceptors (Lipinski definition) is 3. The van der Waals surface area contributed by atoms with Crippen molar-refractivity contribution in [3.8, 4) is 0 Å². The summed E-state index contributed by atoms with van der Waals surface area (Å²) in [6.45, 7) is 9.44. The van der Waals surface area contributed by atoms with E-state index in [0.717, 1.165) is 51.5 Å². The van der Waals surface area contributed by atoms with Crippen LogP contribution in [0.25, 0.3) is 0 Å². The molecular weight excluding hydrogens is 242 g/mol. The van der Waals surface area contributed by atoms with Gasteiger partial charge in [-0.25, -0.2) is 0 Å². The Kier molecular flexibility index (Phi) is 5.05. The largest absolute Gasteiger partial charge is 0.375 e. The zero-order valence-corrected chi connectivity index (χ0v) is 12.4. The van der Waals surface area contributed by atoms with Gasteiger partial charge in [0, 0.05) is 26.3 Å². The van der Waals surface area contributed by atoms with Crippen LogP contribution >= 0.6 is 0 Å². The van der Waals surface area contributed by atoms with E-state index in [1.54, 1.807) is 0 Å². The van der Waals surface area contributed by atoms with Crippen LogP contribution < -0.4 is 10.6 Å². The quantitative estimate of drug-likeness (QED) is 0.583. The molecule has 0 aromatic heterocycles. The van der Waals surface area contributed by atoms with E-state index in [1.807, 2.05) is 13.8 Å². The Balaban J connectivity index is 1.98. The molecule has 1 spiro atoms. The molecule has 3 atom stereocenters. The van der Waals surface area contributed by atoms with Crippen molar-refractivity contribution < 1.29 is 9.47 Å². The van der Waals surface area contributed by atoms with Crippen molar-refractivity contribution in [2.24, 2.45) is 4.99 Å². The summed E-state index contributed by atoms with van der Waals surface area (Å²) in [7, 11) is 0. The Morgan fingerprint density at radius 1 is 1.42 bits per heavy atom. The maximum Gasteiger partial charge on any atom is 0.191 e. The highest BCUT2D eigenvalue weighted by atomic mass is 16.6. The maximum absolute atomic E-state index is 6.04. The van der Waals surface area contributed by atoms with Crippen LogP contribution in [0.2, 0.25) is 0 Å². The molecule has 1 saturated carbocycles. The molecule has 5 nitrogen and oxygen atoms in total. The lowest BCUT2D eigenvalue weighted by atomic mass is 9.70. The van der Waals surface area contributed by atoms with E-state index < -0.39 is 0 Å². The van der Waals surface area contributed by atoms with Gasteiger partial charge < -0.3 is 20.1 Å². The van der Waals surface area contributed by atoms with Gasteiger partial charge in [0.05, 0.1) is 12.1 Å². The van der Waals surface area contributed by atoms with Crippen molar-refractivity contribution >= 4 is 5.96 Å². The summed E-state index contributed by atoms with van der Waals surface area (Å²) in [6, 6.07) is 0.316. The molecule has 0 aromatic carbocycles. The summed E-state index contributed by atoms with van der Waals surface area (Å²) < 4.78 is 11.9. The summed E-state index contributed by atoms with van der Waals surface area (Å²) in [5.74, 6) is 0.889. The number of nitrogens with one attached hydrogen (secondary N) is 2. The summed E-state index contributed by atoms with van der Waals surface area (Å²) in [5, 5.41) is 6.79. The van der Waals surface area contributed by atoms with Gasteiger partial charge in [0.2, 0.25) is 0 Å². The highest BCUT2D eigenvalue weighted by molar-refractivity contribution is 5.80. The fraction of sp³-hybridized carbons (Fsp3) is 0.929. The standard InChI is InChI=1S/C14H27N3O2/c1-4-15-13(16-5-2)17-11-10-12(18-6-3)14(11)8-7-9-19-14/h11-12H,4-10H2,1-3H3,(H2,15,16,17). The van der Waals surface area contributed by atoms with Gasteiger partial charge in [-0.2, -0.15) is 0 Å². The smallest absolute Gasteiger partial charge is 0.191 e. The number of guanidine groups is 1. The average molecular weight is 269 g/mol. The molecule has 1 heterocycles. The van der Waals surface area contributed by atoms with Crippen molar-refractivity contribution in [1.82, 2.24) is 10.6 Å². The maximum atomic E-state index is 6.04. The molecule has 0 aromatic rings. The van der Waals surface area contributed by atoms with Gasteiger partial charge in [-0.3, -0.25) is 4.99 Å². The number of rotatable bonds is 5. The van der Waals surface area contributed by atoms with Crippen molar-refractivity contribution in [1.29, 1.82) is 0 Å². The molecule has 2 aliphatic rings. The van der Waals surface area contributed by atoms with Gasteiger partial charge in [0.15, 0.2) is 5.96 Å². The predicted octanol–water partition coefficient (Wildman–Crippen LogP) is 1.29. The third-order valence-corrected chi connectivity index (χ3v) is 4.01.